The molecule has 168 valence electrons. The van der Waals surface area contributed by atoms with Crippen LogP contribution in [-0.4, -0.2) is 61.0 Å². The van der Waals surface area contributed by atoms with Gasteiger partial charge in [0.05, 0.1) is 30.8 Å². The molecule has 2 aliphatic heterocycles. The number of fused-ring (bicyclic) bond motifs is 2. The minimum Gasteiger partial charge on any atom is -0.497 e. The summed E-state index contributed by atoms with van der Waals surface area (Å²) in [6.45, 7) is 0.537. The summed E-state index contributed by atoms with van der Waals surface area (Å²) in [5.41, 5.74) is 2.32. The van der Waals surface area contributed by atoms with Crippen molar-refractivity contribution in [3.05, 3.63) is 83.7 Å². The van der Waals surface area contributed by atoms with Gasteiger partial charge >= 0.3 is 0 Å². The van der Waals surface area contributed by atoms with Crippen molar-refractivity contribution in [1.82, 2.24) is 9.80 Å². The van der Waals surface area contributed by atoms with Crippen molar-refractivity contribution >= 4 is 11.8 Å². The number of benzene rings is 3. The van der Waals surface area contributed by atoms with Gasteiger partial charge in [-0.3, -0.25) is 9.59 Å². The second-order valence-electron chi connectivity index (χ2n) is 8.27. The van der Waals surface area contributed by atoms with Gasteiger partial charge in [0.1, 0.15) is 23.4 Å². The second-order valence-corrected chi connectivity index (χ2v) is 8.27. The van der Waals surface area contributed by atoms with Crippen LogP contribution in [0.1, 0.15) is 20.7 Å². The molecule has 2 aliphatic rings. The Bertz CT molecular complexity index is 1240. The van der Waals surface area contributed by atoms with Crippen molar-refractivity contribution in [2.24, 2.45) is 0 Å². The third-order valence-electron chi connectivity index (χ3n) is 6.34. The predicted molar refractivity (Wildman–Crippen MR) is 121 cm³/mol. The number of hydrogen-bond donors (Lipinski definition) is 0. The van der Waals surface area contributed by atoms with E-state index in [0.29, 0.717) is 11.3 Å². The Morgan fingerprint density at radius 1 is 1.03 bits per heavy atom. The van der Waals surface area contributed by atoms with Crippen molar-refractivity contribution in [2.75, 3.05) is 27.2 Å². The number of methoxy groups -OCH3 is 1. The highest BCUT2D eigenvalue weighted by molar-refractivity contribution is 5.99. The van der Waals surface area contributed by atoms with E-state index in [-0.39, 0.29) is 30.6 Å². The maximum absolute atomic E-state index is 14.2. The molecule has 0 aliphatic carbocycles. The van der Waals surface area contributed by atoms with E-state index in [1.165, 1.54) is 12.1 Å². The average Bonchev–Trinajstić information content (AvgIpc) is 3.23. The minimum absolute atomic E-state index is 0.0173. The van der Waals surface area contributed by atoms with E-state index >= 15 is 0 Å². The summed E-state index contributed by atoms with van der Waals surface area (Å²) in [5.74, 6) is 0.0660. The Morgan fingerprint density at radius 2 is 1.82 bits per heavy atom. The smallest absolute Gasteiger partial charge is 0.257 e. The SMILES string of the molecule is COc1cccc(-c2ccc3c(c2)OC2CN(C(=O)c4ccccc4F)CC2N(C)C3=O)c1. The first-order valence-corrected chi connectivity index (χ1v) is 10.7. The first-order valence-electron chi connectivity index (χ1n) is 10.7. The zero-order valence-corrected chi connectivity index (χ0v) is 18.3. The average molecular weight is 446 g/mol. The highest BCUT2D eigenvalue weighted by Gasteiger charge is 2.44. The lowest BCUT2D eigenvalue weighted by Gasteiger charge is -2.25. The Kier molecular flexibility index (Phi) is 5.24. The maximum Gasteiger partial charge on any atom is 0.257 e. The number of carbonyl (C=O) groups is 2. The lowest BCUT2D eigenvalue weighted by molar-refractivity contribution is 0.0674. The normalized spacial score (nSPS) is 19.4. The summed E-state index contributed by atoms with van der Waals surface area (Å²) in [4.78, 5) is 29.3. The van der Waals surface area contributed by atoms with Gasteiger partial charge in [-0.2, -0.15) is 0 Å². The predicted octanol–water partition coefficient (Wildman–Crippen LogP) is 3.86. The van der Waals surface area contributed by atoms with Crippen LogP contribution in [0, 0.1) is 5.82 Å². The molecule has 2 unspecified atom stereocenters. The molecule has 1 saturated heterocycles. The molecule has 0 aromatic heterocycles. The zero-order chi connectivity index (χ0) is 23.1. The molecule has 0 bridgehead atoms. The van der Waals surface area contributed by atoms with E-state index < -0.39 is 17.8 Å². The summed E-state index contributed by atoms with van der Waals surface area (Å²) in [7, 11) is 3.33. The van der Waals surface area contributed by atoms with E-state index in [4.69, 9.17) is 9.47 Å². The van der Waals surface area contributed by atoms with E-state index in [1.54, 1.807) is 42.2 Å². The molecule has 2 amide bonds. The lowest BCUT2D eigenvalue weighted by Crippen LogP contribution is -2.44. The second kappa shape index (κ2) is 8.24. The molecule has 0 radical (unpaired) electrons. The molecular formula is C26H23FN2O4. The van der Waals surface area contributed by atoms with Gasteiger partial charge in [0.15, 0.2) is 0 Å². The molecule has 0 N–H and O–H groups in total. The number of halogens is 1. The van der Waals surface area contributed by atoms with Crippen LogP contribution in [0.3, 0.4) is 0 Å². The highest BCUT2D eigenvalue weighted by atomic mass is 19.1. The molecular weight excluding hydrogens is 423 g/mol. The summed E-state index contributed by atoms with van der Waals surface area (Å²) in [5, 5.41) is 0. The number of hydrogen-bond acceptors (Lipinski definition) is 4. The fraction of sp³-hybridized carbons (Fsp3) is 0.231. The third-order valence-corrected chi connectivity index (χ3v) is 6.34. The van der Waals surface area contributed by atoms with Gasteiger partial charge in [0.25, 0.3) is 11.8 Å². The Morgan fingerprint density at radius 3 is 2.61 bits per heavy atom. The van der Waals surface area contributed by atoms with Crippen molar-refractivity contribution in [1.29, 1.82) is 0 Å². The van der Waals surface area contributed by atoms with E-state index in [0.717, 1.165) is 16.9 Å². The summed E-state index contributed by atoms with van der Waals surface area (Å²) >= 11 is 0. The van der Waals surface area contributed by atoms with Crippen LogP contribution in [0.25, 0.3) is 11.1 Å². The number of nitrogens with zero attached hydrogens (tertiary/aromatic N) is 2. The standard InChI is InChI=1S/C26H23FN2O4/c1-28-22-14-29(26(31)19-8-3-4-9-21(19)27)15-24(22)33-23-13-17(10-11-20(23)25(28)30)16-6-5-7-18(12-16)32-2/h3-13,22,24H,14-15H2,1-2H3. The monoisotopic (exact) mass is 446 g/mol. The lowest BCUT2D eigenvalue weighted by atomic mass is 10.0. The zero-order valence-electron chi connectivity index (χ0n) is 18.3. The van der Waals surface area contributed by atoms with E-state index in [9.17, 15) is 14.0 Å². The van der Waals surface area contributed by atoms with Crippen LogP contribution in [0.15, 0.2) is 66.7 Å². The largest absolute Gasteiger partial charge is 0.497 e. The molecule has 2 atom stereocenters. The molecule has 7 heteroatoms. The molecule has 0 spiro atoms. The van der Waals surface area contributed by atoms with Crippen LogP contribution in [-0.2, 0) is 0 Å². The van der Waals surface area contributed by atoms with Gasteiger partial charge in [-0.05, 0) is 47.5 Å². The van der Waals surface area contributed by atoms with Gasteiger partial charge in [-0.15, -0.1) is 0 Å². The summed E-state index contributed by atoms with van der Waals surface area (Å²) in [6.07, 6.45) is -0.420. The number of likely N-dealkylation sites (N-methyl/N-ethyl adjacent to an activating group) is 1. The van der Waals surface area contributed by atoms with Crippen LogP contribution >= 0.6 is 0 Å². The van der Waals surface area contributed by atoms with Crippen molar-refractivity contribution in [3.8, 4) is 22.6 Å². The first kappa shape index (κ1) is 21.0. The van der Waals surface area contributed by atoms with E-state index in [2.05, 4.69) is 0 Å². The molecule has 6 nitrogen and oxygen atoms in total. The molecule has 0 saturated carbocycles. The topological polar surface area (TPSA) is 59.1 Å². The van der Waals surface area contributed by atoms with Gasteiger partial charge in [-0.25, -0.2) is 4.39 Å². The molecule has 5 rings (SSSR count). The number of likely N-dealkylation sites (tertiary alicyclic amines) is 1. The minimum atomic E-state index is -0.562. The molecule has 3 aromatic carbocycles. The number of ether oxygens (including phenoxy) is 2. The maximum atomic E-state index is 14.2. The van der Waals surface area contributed by atoms with Gasteiger partial charge < -0.3 is 19.3 Å². The molecule has 3 aromatic rings. The molecule has 33 heavy (non-hydrogen) atoms. The Labute approximate surface area is 191 Å². The van der Waals surface area contributed by atoms with Crippen LogP contribution in [0.2, 0.25) is 0 Å². The van der Waals surface area contributed by atoms with Gasteiger partial charge in [-0.1, -0.05) is 30.3 Å². The van der Waals surface area contributed by atoms with E-state index in [1.807, 2.05) is 36.4 Å². The van der Waals surface area contributed by atoms with Gasteiger partial charge in [0.2, 0.25) is 0 Å². The van der Waals surface area contributed by atoms with Crippen molar-refractivity contribution in [3.63, 3.8) is 0 Å². The fourth-order valence-electron chi connectivity index (χ4n) is 4.50. The van der Waals surface area contributed by atoms with Crippen molar-refractivity contribution < 1.29 is 23.5 Å². The molecule has 2 heterocycles. The number of carbonyl (C=O) groups excluding carboxylic acids is 2. The van der Waals surface area contributed by atoms with Gasteiger partial charge in [0, 0.05) is 13.6 Å². The van der Waals surface area contributed by atoms with Crippen molar-refractivity contribution in [2.45, 2.75) is 12.1 Å². The Hall–Kier alpha value is -3.87. The highest BCUT2D eigenvalue weighted by Crippen LogP contribution is 2.35. The Balaban J connectivity index is 1.45. The van der Waals surface area contributed by atoms with Crippen LogP contribution in [0.5, 0.6) is 11.5 Å². The quantitative estimate of drug-likeness (QED) is 0.613. The van der Waals surface area contributed by atoms with Crippen LogP contribution in [0.4, 0.5) is 4.39 Å². The summed E-state index contributed by atoms with van der Waals surface area (Å²) in [6, 6.07) is 18.7. The van der Waals surface area contributed by atoms with Crippen LogP contribution < -0.4 is 9.47 Å². The fourth-order valence-corrected chi connectivity index (χ4v) is 4.50. The molecule has 1 fully saturated rings. The number of rotatable bonds is 3. The summed E-state index contributed by atoms with van der Waals surface area (Å²) < 4.78 is 25.8. The first-order chi connectivity index (χ1) is 16.0. The third kappa shape index (κ3) is 3.69. The number of amides is 2.